The third-order valence-corrected chi connectivity index (χ3v) is 7.32. The topological polar surface area (TPSA) is 141 Å². The van der Waals surface area contributed by atoms with E-state index in [1.807, 2.05) is 48.5 Å². The molecule has 0 amide bonds. The van der Waals surface area contributed by atoms with Gasteiger partial charge in [0.1, 0.15) is 22.2 Å². The Morgan fingerprint density at radius 1 is 0.861 bits per heavy atom. The van der Waals surface area contributed by atoms with Crippen LogP contribution in [-0.2, 0) is 10.0 Å². The van der Waals surface area contributed by atoms with Crippen molar-refractivity contribution in [2.24, 2.45) is 10.2 Å². The quantitative estimate of drug-likeness (QED) is 0.310. The third-order valence-electron chi connectivity index (χ3n) is 5.69. The largest absolute Gasteiger partial charge is 0.336 e. The third kappa shape index (κ3) is 3.36. The van der Waals surface area contributed by atoms with E-state index in [9.17, 15) is 13.7 Å². The molecule has 0 spiro atoms. The number of aromatic nitrogens is 4. The Hall–Kier alpha value is -5.08. The predicted octanol–water partition coefficient (Wildman–Crippen LogP) is 5.52. The average molecular weight is 493 g/mol. The molecule has 36 heavy (non-hydrogen) atoms. The number of nitrogens with zero attached hydrogens (tertiary/aromatic N) is 6. The van der Waals surface area contributed by atoms with Crippen LogP contribution in [0.5, 0.6) is 0 Å². The number of nitriles is 1. The van der Waals surface area contributed by atoms with Crippen LogP contribution in [0.15, 0.2) is 100 Å². The second kappa shape index (κ2) is 8.30. The Morgan fingerprint density at radius 3 is 2.25 bits per heavy atom. The molecule has 0 fully saturated rings. The van der Waals surface area contributed by atoms with Crippen LogP contribution in [0.2, 0.25) is 0 Å². The van der Waals surface area contributed by atoms with Crippen LogP contribution in [0.4, 0.5) is 23.0 Å². The van der Waals surface area contributed by atoms with Gasteiger partial charge in [-0.05, 0) is 12.1 Å². The van der Waals surface area contributed by atoms with Crippen molar-refractivity contribution >= 4 is 33.0 Å². The second-order valence-electron chi connectivity index (χ2n) is 7.86. The Morgan fingerprint density at radius 2 is 1.53 bits per heavy atom. The maximum atomic E-state index is 13.4. The van der Waals surface area contributed by atoms with Gasteiger partial charge in [-0.1, -0.05) is 72.8 Å². The van der Waals surface area contributed by atoms with Crippen molar-refractivity contribution in [1.82, 2.24) is 19.4 Å². The SMILES string of the molecule is N#Cc1c(N=Nc2c(-c3ccccc3)nn3c2Nc2ccccc2S3(=O)=O)n[nH]c1-c1ccccc1. The number of H-pyrrole nitrogens is 1. The number of benzene rings is 3. The molecule has 3 aromatic carbocycles. The molecule has 0 saturated heterocycles. The monoisotopic (exact) mass is 492 g/mol. The molecular weight excluding hydrogens is 476 g/mol. The van der Waals surface area contributed by atoms with Crippen LogP contribution < -0.4 is 5.32 Å². The normalized spacial score (nSPS) is 13.5. The van der Waals surface area contributed by atoms with E-state index in [0.29, 0.717) is 22.6 Å². The van der Waals surface area contributed by atoms with E-state index >= 15 is 0 Å². The first-order valence-corrected chi connectivity index (χ1v) is 12.3. The summed E-state index contributed by atoms with van der Waals surface area (Å²) in [5.41, 5.74) is 3.09. The molecule has 0 saturated carbocycles. The van der Waals surface area contributed by atoms with Crippen molar-refractivity contribution in [1.29, 1.82) is 5.26 Å². The van der Waals surface area contributed by atoms with Gasteiger partial charge in [0.15, 0.2) is 11.5 Å². The summed E-state index contributed by atoms with van der Waals surface area (Å²) in [5, 5.41) is 32.9. The molecule has 2 N–H and O–H groups in total. The molecule has 10 nitrogen and oxygen atoms in total. The Balaban J connectivity index is 1.52. The fourth-order valence-electron chi connectivity index (χ4n) is 3.99. The lowest BCUT2D eigenvalue weighted by molar-refractivity contribution is 0.580. The molecule has 3 heterocycles. The first-order chi connectivity index (χ1) is 17.6. The number of nitrogens with one attached hydrogen (secondary N) is 2. The number of hydrogen-bond donors (Lipinski definition) is 2. The van der Waals surface area contributed by atoms with E-state index in [4.69, 9.17) is 0 Å². The molecule has 2 aromatic heterocycles. The van der Waals surface area contributed by atoms with Gasteiger partial charge in [-0.2, -0.15) is 23.9 Å². The van der Waals surface area contributed by atoms with Crippen molar-refractivity contribution < 1.29 is 8.42 Å². The minimum absolute atomic E-state index is 0.0781. The van der Waals surface area contributed by atoms with Gasteiger partial charge in [-0.3, -0.25) is 5.10 Å². The molecule has 0 bridgehead atoms. The van der Waals surface area contributed by atoms with E-state index in [-0.39, 0.29) is 27.8 Å². The van der Waals surface area contributed by atoms with E-state index in [1.165, 1.54) is 6.07 Å². The Labute approximate surface area is 205 Å². The van der Waals surface area contributed by atoms with Gasteiger partial charge in [-0.25, -0.2) is 0 Å². The van der Waals surface area contributed by atoms with Gasteiger partial charge in [0, 0.05) is 11.1 Å². The van der Waals surface area contributed by atoms with Gasteiger partial charge in [-0.15, -0.1) is 14.3 Å². The molecule has 5 aromatic rings. The van der Waals surface area contributed by atoms with Gasteiger partial charge in [0.2, 0.25) is 5.82 Å². The second-order valence-corrected chi connectivity index (χ2v) is 9.59. The van der Waals surface area contributed by atoms with Crippen molar-refractivity contribution in [3.63, 3.8) is 0 Å². The molecule has 0 unspecified atom stereocenters. The summed E-state index contributed by atoms with van der Waals surface area (Å²) >= 11 is 0. The zero-order valence-corrected chi connectivity index (χ0v) is 19.3. The fourth-order valence-corrected chi connectivity index (χ4v) is 5.39. The number of hydrogen-bond acceptors (Lipinski definition) is 8. The summed E-state index contributed by atoms with van der Waals surface area (Å²) in [6.07, 6.45) is 0. The summed E-state index contributed by atoms with van der Waals surface area (Å²) in [4.78, 5) is 0.106. The van der Waals surface area contributed by atoms with Gasteiger partial charge >= 0.3 is 0 Å². The highest BCUT2D eigenvalue weighted by atomic mass is 32.2. The lowest BCUT2D eigenvalue weighted by Gasteiger charge is -2.19. The first kappa shape index (κ1) is 21.5. The van der Waals surface area contributed by atoms with Crippen LogP contribution in [0.25, 0.3) is 22.5 Å². The summed E-state index contributed by atoms with van der Waals surface area (Å²) < 4.78 is 27.6. The maximum absolute atomic E-state index is 13.4. The van der Waals surface area contributed by atoms with Crippen molar-refractivity contribution in [2.75, 3.05) is 5.32 Å². The molecule has 0 aliphatic carbocycles. The Bertz CT molecular complexity index is 1780. The zero-order chi connectivity index (χ0) is 24.7. The molecule has 11 heteroatoms. The molecular formula is C25H16N8O2S. The van der Waals surface area contributed by atoms with Gasteiger partial charge in [0.25, 0.3) is 10.0 Å². The average Bonchev–Trinajstić information content (AvgIpc) is 3.50. The van der Waals surface area contributed by atoms with E-state index in [2.05, 4.69) is 36.9 Å². The van der Waals surface area contributed by atoms with Crippen LogP contribution in [0.3, 0.4) is 0 Å². The van der Waals surface area contributed by atoms with Gasteiger partial charge < -0.3 is 5.32 Å². The minimum atomic E-state index is -3.97. The lowest BCUT2D eigenvalue weighted by atomic mass is 10.1. The summed E-state index contributed by atoms with van der Waals surface area (Å²) in [5.74, 6) is 0.225. The van der Waals surface area contributed by atoms with Crippen LogP contribution in [-0.4, -0.2) is 27.8 Å². The number of anilines is 2. The number of fused-ring (bicyclic) bond motifs is 2. The molecule has 0 atom stereocenters. The lowest BCUT2D eigenvalue weighted by Crippen LogP contribution is -2.22. The first-order valence-electron chi connectivity index (χ1n) is 10.8. The van der Waals surface area contributed by atoms with Crippen molar-refractivity contribution in [3.8, 4) is 28.6 Å². The van der Waals surface area contributed by atoms with E-state index in [1.54, 1.807) is 30.3 Å². The molecule has 174 valence electrons. The van der Waals surface area contributed by atoms with Crippen molar-refractivity contribution in [3.05, 3.63) is 90.5 Å². The molecule has 0 radical (unpaired) electrons. The van der Waals surface area contributed by atoms with Crippen LogP contribution in [0.1, 0.15) is 5.56 Å². The summed E-state index contributed by atoms with van der Waals surface area (Å²) in [6, 6.07) is 27.1. The number of azo groups is 1. The van der Waals surface area contributed by atoms with Crippen LogP contribution >= 0.6 is 0 Å². The number of para-hydroxylation sites is 1. The molecule has 6 rings (SSSR count). The predicted molar refractivity (Wildman–Crippen MR) is 133 cm³/mol. The highest BCUT2D eigenvalue weighted by Crippen LogP contribution is 2.44. The summed E-state index contributed by atoms with van der Waals surface area (Å²) in [6.45, 7) is 0. The van der Waals surface area contributed by atoms with Crippen molar-refractivity contribution in [2.45, 2.75) is 4.90 Å². The highest BCUT2D eigenvalue weighted by molar-refractivity contribution is 7.90. The fraction of sp³-hybridized carbons (Fsp3) is 0. The molecule has 1 aliphatic rings. The smallest absolute Gasteiger partial charge is 0.287 e. The minimum Gasteiger partial charge on any atom is -0.336 e. The maximum Gasteiger partial charge on any atom is 0.287 e. The number of rotatable bonds is 4. The highest BCUT2D eigenvalue weighted by Gasteiger charge is 2.34. The molecule has 1 aliphatic heterocycles. The van der Waals surface area contributed by atoms with E-state index < -0.39 is 10.0 Å². The Kier molecular flexibility index (Phi) is 4.94. The summed E-state index contributed by atoms with van der Waals surface area (Å²) in [7, 11) is -3.97. The van der Waals surface area contributed by atoms with Gasteiger partial charge in [0.05, 0.1) is 11.4 Å². The van der Waals surface area contributed by atoms with Crippen LogP contribution in [0, 0.1) is 11.3 Å². The standard InChI is InChI=1S/C25H16N8O2S/c26-15-18-21(16-9-3-1-4-10-16)28-30-24(18)31-29-23-22(17-11-5-2-6-12-17)32-33-25(23)27-19-13-7-8-14-20(19)36(33,34)35/h1-14,27H,(H,28,30). The van der Waals surface area contributed by atoms with E-state index in [0.717, 1.165) is 9.65 Å². The zero-order valence-electron chi connectivity index (χ0n) is 18.5. The number of aromatic amines is 1.